The molecular weight excluding hydrogens is 251 g/mol. The lowest BCUT2D eigenvalue weighted by Crippen LogP contribution is -2.23. The van der Waals surface area contributed by atoms with Gasteiger partial charge in [-0.25, -0.2) is 4.39 Å². The van der Waals surface area contributed by atoms with Gasteiger partial charge in [0.05, 0.1) is 5.56 Å². The van der Waals surface area contributed by atoms with Gasteiger partial charge in [0.1, 0.15) is 11.9 Å². The lowest BCUT2D eigenvalue weighted by molar-refractivity contribution is 0.308. The van der Waals surface area contributed by atoms with Crippen molar-refractivity contribution < 1.29 is 4.39 Å². The van der Waals surface area contributed by atoms with E-state index in [0.29, 0.717) is 5.92 Å². The van der Waals surface area contributed by atoms with Gasteiger partial charge in [-0.15, -0.1) is 12.4 Å². The van der Waals surface area contributed by atoms with Crippen LogP contribution in [-0.4, -0.2) is 0 Å². The molecular formula is C14H18ClFN2. The van der Waals surface area contributed by atoms with Crippen molar-refractivity contribution in [1.29, 1.82) is 5.26 Å². The van der Waals surface area contributed by atoms with Crippen LogP contribution in [0.4, 0.5) is 4.39 Å². The number of halogens is 2. The minimum Gasteiger partial charge on any atom is -0.324 e. The Balaban J connectivity index is 0.00000162. The summed E-state index contributed by atoms with van der Waals surface area (Å²) < 4.78 is 13.2. The van der Waals surface area contributed by atoms with Gasteiger partial charge in [0.2, 0.25) is 0 Å². The Morgan fingerprint density at radius 3 is 2.56 bits per heavy atom. The molecule has 0 spiro atoms. The molecule has 0 amide bonds. The molecule has 4 heteroatoms. The van der Waals surface area contributed by atoms with Crippen molar-refractivity contribution in [3.05, 3.63) is 35.1 Å². The summed E-state index contributed by atoms with van der Waals surface area (Å²) in [6.07, 6.45) is 6.02. The highest BCUT2D eigenvalue weighted by Crippen LogP contribution is 2.33. The van der Waals surface area contributed by atoms with Gasteiger partial charge in [-0.05, 0) is 36.5 Å². The number of nitrogens with zero attached hydrogens (tertiary/aromatic N) is 1. The van der Waals surface area contributed by atoms with E-state index in [0.717, 1.165) is 18.4 Å². The maximum absolute atomic E-state index is 13.2. The minimum atomic E-state index is -0.466. The van der Waals surface area contributed by atoms with Crippen LogP contribution in [0.1, 0.15) is 49.3 Å². The topological polar surface area (TPSA) is 49.8 Å². The van der Waals surface area contributed by atoms with E-state index in [2.05, 4.69) is 0 Å². The summed E-state index contributed by atoms with van der Waals surface area (Å²) in [5, 5.41) is 8.80. The Hall–Kier alpha value is -1.11. The number of rotatable bonds is 2. The average molecular weight is 269 g/mol. The van der Waals surface area contributed by atoms with Gasteiger partial charge in [0.25, 0.3) is 0 Å². The highest BCUT2D eigenvalue weighted by atomic mass is 35.5. The van der Waals surface area contributed by atoms with Gasteiger partial charge in [-0.3, -0.25) is 0 Å². The van der Waals surface area contributed by atoms with Crippen molar-refractivity contribution >= 4 is 12.4 Å². The van der Waals surface area contributed by atoms with Crippen LogP contribution in [0.15, 0.2) is 18.2 Å². The fourth-order valence-electron chi connectivity index (χ4n) is 2.60. The number of nitrogens with two attached hydrogens (primary N) is 1. The second-order valence-corrected chi connectivity index (χ2v) is 4.77. The van der Waals surface area contributed by atoms with Gasteiger partial charge in [0, 0.05) is 6.04 Å². The second-order valence-electron chi connectivity index (χ2n) is 4.77. The summed E-state index contributed by atoms with van der Waals surface area (Å²) in [5.41, 5.74) is 7.19. The summed E-state index contributed by atoms with van der Waals surface area (Å²) in [6, 6.07) is 6.44. The highest BCUT2D eigenvalue weighted by Gasteiger charge is 2.22. The molecule has 0 saturated heterocycles. The maximum Gasteiger partial charge on any atom is 0.140 e. The molecule has 2 nitrogen and oxygen atoms in total. The molecule has 1 saturated carbocycles. The first-order valence-electron chi connectivity index (χ1n) is 6.17. The molecule has 1 aliphatic carbocycles. The lowest BCUT2D eigenvalue weighted by Gasteiger charge is -2.27. The Kier molecular flexibility index (Phi) is 5.58. The van der Waals surface area contributed by atoms with Crippen molar-refractivity contribution in [2.75, 3.05) is 0 Å². The van der Waals surface area contributed by atoms with Crippen LogP contribution in [0.3, 0.4) is 0 Å². The Morgan fingerprint density at radius 1 is 1.28 bits per heavy atom. The molecule has 0 radical (unpaired) electrons. The zero-order chi connectivity index (χ0) is 12.3. The third kappa shape index (κ3) is 3.22. The van der Waals surface area contributed by atoms with Crippen molar-refractivity contribution in [3.63, 3.8) is 0 Å². The molecule has 18 heavy (non-hydrogen) atoms. The lowest BCUT2D eigenvalue weighted by atomic mass is 9.81. The molecule has 2 N–H and O–H groups in total. The normalized spacial score (nSPS) is 17.6. The van der Waals surface area contributed by atoms with E-state index < -0.39 is 5.82 Å². The van der Waals surface area contributed by atoms with E-state index in [9.17, 15) is 4.39 Å². The first-order valence-corrected chi connectivity index (χ1v) is 6.17. The molecule has 0 aliphatic heterocycles. The van der Waals surface area contributed by atoms with Gasteiger partial charge in [-0.2, -0.15) is 5.26 Å². The van der Waals surface area contributed by atoms with E-state index in [1.165, 1.54) is 25.3 Å². The van der Waals surface area contributed by atoms with Crippen LogP contribution in [0.25, 0.3) is 0 Å². The largest absolute Gasteiger partial charge is 0.324 e. The summed E-state index contributed by atoms with van der Waals surface area (Å²) >= 11 is 0. The summed E-state index contributed by atoms with van der Waals surface area (Å²) in [6.45, 7) is 0. The van der Waals surface area contributed by atoms with Crippen molar-refractivity contribution in [2.24, 2.45) is 11.7 Å². The van der Waals surface area contributed by atoms with Gasteiger partial charge in [0.15, 0.2) is 0 Å². The fourth-order valence-corrected chi connectivity index (χ4v) is 2.60. The molecule has 0 bridgehead atoms. The minimum absolute atomic E-state index is 0. The zero-order valence-corrected chi connectivity index (χ0v) is 11.0. The number of hydrogen-bond donors (Lipinski definition) is 1. The summed E-state index contributed by atoms with van der Waals surface area (Å²) in [7, 11) is 0. The van der Waals surface area contributed by atoms with Crippen LogP contribution in [0, 0.1) is 23.1 Å². The quantitative estimate of drug-likeness (QED) is 0.889. The fraction of sp³-hybridized carbons (Fsp3) is 0.500. The molecule has 1 fully saturated rings. The first-order chi connectivity index (χ1) is 8.22. The molecule has 1 aliphatic rings. The third-order valence-corrected chi connectivity index (χ3v) is 3.65. The van der Waals surface area contributed by atoms with Crippen LogP contribution in [0.5, 0.6) is 0 Å². The SMILES string of the molecule is Cl.N#Cc1cc([C@H](N)C2CCCCC2)ccc1F. The van der Waals surface area contributed by atoms with E-state index in [4.69, 9.17) is 11.0 Å². The first kappa shape index (κ1) is 14.9. The molecule has 0 unspecified atom stereocenters. The molecule has 98 valence electrons. The molecule has 1 atom stereocenters. The van der Waals surface area contributed by atoms with Crippen molar-refractivity contribution in [2.45, 2.75) is 38.1 Å². The van der Waals surface area contributed by atoms with Crippen molar-refractivity contribution in [1.82, 2.24) is 0 Å². The number of benzene rings is 1. The standard InChI is InChI=1S/C14H17FN2.ClH/c15-13-7-6-11(8-12(13)9-16)14(17)10-4-2-1-3-5-10;/h6-8,10,14H,1-5,17H2;1H/t14-;/m1./s1. The summed E-state index contributed by atoms with van der Waals surface area (Å²) in [5.74, 6) is 0.00727. The van der Waals surface area contributed by atoms with Crippen LogP contribution in [0.2, 0.25) is 0 Å². The Morgan fingerprint density at radius 2 is 1.94 bits per heavy atom. The highest BCUT2D eigenvalue weighted by molar-refractivity contribution is 5.85. The average Bonchev–Trinajstić information content (AvgIpc) is 2.39. The molecule has 1 aromatic rings. The van der Waals surface area contributed by atoms with Crippen molar-refractivity contribution in [3.8, 4) is 6.07 Å². The second kappa shape index (κ2) is 6.72. The molecule has 1 aromatic carbocycles. The van der Waals surface area contributed by atoms with Gasteiger partial charge in [-0.1, -0.05) is 25.3 Å². The van der Waals surface area contributed by atoms with E-state index in [1.807, 2.05) is 6.07 Å². The van der Waals surface area contributed by atoms with Crippen LogP contribution in [-0.2, 0) is 0 Å². The zero-order valence-electron chi connectivity index (χ0n) is 10.2. The molecule has 0 heterocycles. The number of nitriles is 1. The monoisotopic (exact) mass is 268 g/mol. The van der Waals surface area contributed by atoms with E-state index >= 15 is 0 Å². The Bertz CT molecular complexity index is 436. The Labute approximate surface area is 113 Å². The van der Waals surface area contributed by atoms with E-state index in [1.54, 1.807) is 12.1 Å². The summed E-state index contributed by atoms with van der Waals surface area (Å²) in [4.78, 5) is 0. The number of hydrogen-bond acceptors (Lipinski definition) is 2. The van der Waals surface area contributed by atoms with E-state index in [-0.39, 0.29) is 24.0 Å². The van der Waals surface area contributed by atoms with Gasteiger partial charge < -0.3 is 5.73 Å². The maximum atomic E-state index is 13.2. The van der Waals surface area contributed by atoms with Crippen LogP contribution < -0.4 is 5.73 Å². The smallest absolute Gasteiger partial charge is 0.140 e. The third-order valence-electron chi connectivity index (χ3n) is 3.65. The predicted molar refractivity (Wildman–Crippen MR) is 71.9 cm³/mol. The molecule has 2 rings (SSSR count). The molecule has 0 aromatic heterocycles. The predicted octanol–water partition coefficient (Wildman–Crippen LogP) is 3.70. The van der Waals surface area contributed by atoms with Gasteiger partial charge >= 0.3 is 0 Å². The van der Waals surface area contributed by atoms with Crippen LogP contribution >= 0.6 is 12.4 Å².